The number of hydrogen-bond acceptors (Lipinski definition) is 3. The second-order valence-corrected chi connectivity index (χ2v) is 5.90. The van der Waals surface area contributed by atoms with Gasteiger partial charge in [-0.3, -0.25) is 4.79 Å². The third-order valence-electron chi connectivity index (χ3n) is 3.68. The van der Waals surface area contributed by atoms with Crippen LogP contribution >= 0.6 is 0 Å². The topological polar surface area (TPSA) is 55.6 Å². The van der Waals surface area contributed by atoms with Crippen LogP contribution in [0.15, 0.2) is 0 Å². The SMILES string of the molecule is CC(C)CCOC1CCN(C(=O)C(C)C(C)N)C1. The number of likely N-dealkylation sites (tertiary alicyclic amines) is 1. The van der Waals surface area contributed by atoms with Crippen LogP contribution < -0.4 is 5.73 Å². The van der Waals surface area contributed by atoms with Gasteiger partial charge in [-0.2, -0.15) is 0 Å². The lowest BCUT2D eigenvalue weighted by molar-refractivity contribution is -0.134. The second-order valence-electron chi connectivity index (χ2n) is 5.90. The lowest BCUT2D eigenvalue weighted by atomic mass is 10.0. The minimum absolute atomic E-state index is 0.0848. The predicted octanol–water partition coefficient (Wildman–Crippen LogP) is 1.63. The van der Waals surface area contributed by atoms with Gasteiger partial charge in [0.2, 0.25) is 5.91 Å². The van der Waals surface area contributed by atoms with Crippen LogP contribution in [0.1, 0.15) is 40.5 Å². The van der Waals surface area contributed by atoms with Crippen molar-refractivity contribution in [1.82, 2.24) is 4.90 Å². The van der Waals surface area contributed by atoms with E-state index in [1.807, 2.05) is 18.7 Å². The zero-order chi connectivity index (χ0) is 13.7. The van der Waals surface area contributed by atoms with Gasteiger partial charge in [-0.25, -0.2) is 0 Å². The van der Waals surface area contributed by atoms with Gasteiger partial charge in [-0.15, -0.1) is 0 Å². The van der Waals surface area contributed by atoms with Gasteiger partial charge in [0.1, 0.15) is 0 Å². The smallest absolute Gasteiger partial charge is 0.227 e. The molecule has 1 amide bonds. The van der Waals surface area contributed by atoms with Gasteiger partial charge in [-0.05, 0) is 25.7 Å². The maximum Gasteiger partial charge on any atom is 0.227 e. The van der Waals surface area contributed by atoms with Gasteiger partial charge in [0, 0.05) is 25.7 Å². The zero-order valence-electron chi connectivity index (χ0n) is 12.2. The average Bonchev–Trinajstić information content (AvgIpc) is 2.75. The van der Waals surface area contributed by atoms with E-state index in [1.165, 1.54) is 0 Å². The van der Waals surface area contributed by atoms with E-state index in [2.05, 4.69) is 13.8 Å². The first-order valence-electron chi connectivity index (χ1n) is 7.07. The third-order valence-corrected chi connectivity index (χ3v) is 3.68. The molecule has 1 saturated heterocycles. The molecular formula is C14H28N2O2. The van der Waals surface area contributed by atoms with Crippen molar-refractivity contribution in [2.75, 3.05) is 19.7 Å². The fourth-order valence-electron chi connectivity index (χ4n) is 2.05. The van der Waals surface area contributed by atoms with Crippen LogP contribution in [0.4, 0.5) is 0 Å². The number of carbonyl (C=O) groups excluding carboxylic acids is 1. The number of ether oxygens (including phenoxy) is 1. The number of amides is 1. The van der Waals surface area contributed by atoms with E-state index in [0.717, 1.165) is 32.5 Å². The summed E-state index contributed by atoms with van der Waals surface area (Å²) >= 11 is 0. The molecule has 1 aliphatic heterocycles. The van der Waals surface area contributed by atoms with E-state index in [1.54, 1.807) is 0 Å². The lowest BCUT2D eigenvalue weighted by Crippen LogP contribution is -2.41. The Morgan fingerprint density at radius 3 is 2.61 bits per heavy atom. The second kappa shape index (κ2) is 7.10. The molecule has 0 aromatic carbocycles. The van der Waals surface area contributed by atoms with Crippen molar-refractivity contribution in [3.05, 3.63) is 0 Å². The summed E-state index contributed by atoms with van der Waals surface area (Å²) in [6, 6.07) is -0.0848. The predicted molar refractivity (Wildman–Crippen MR) is 73.2 cm³/mol. The van der Waals surface area contributed by atoms with E-state index < -0.39 is 0 Å². The summed E-state index contributed by atoms with van der Waals surface area (Å²) in [4.78, 5) is 14.0. The molecule has 4 nitrogen and oxygen atoms in total. The molecule has 4 heteroatoms. The molecule has 106 valence electrons. The highest BCUT2D eigenvalue weighted by atomic mass is 16.5. The Balaban J connectivity index is 2.30. The Morgan fingerprint density at radius 1 is 1.39 bits per heavy atom. The van der Waals surface area contributed by atoms with E-state index in [9.17, 15) is 4.79 Å². The van der Waals surface area contributed by atoms with E-state index in [-0.39, 0.29) is 24.0 Å². The fourth-order valence-corrected chi connectivity index (χ4v) is 2.05. The Hall–Kier alpha value is -0.610. The summed E-state index contributed by atoms with van der Waals surface area (Å²) in [5, 5.41) is 0. The minimum Gasteiger partial charge on any atom is -0.376 e. The van der Waals surface area contributed by atoms with Crippen molar-refractivity contribution in [2.45, 2.75) is 52.7 Å². The summed E-state index contributed by atoms with van der Waals surface area (Å²) in [7, 11) is 0. The molecule has 0 saturated carbocycles. The van der Waals surface area contributed by atoms with E-state index >= 15 is 0 Å². The maximum absolute atomic E-state index is 12.1. The molecule has 18 heavy (non-hydrogen) atoms. The molecule has 0 spiro atoms. The molecule has 3 unspecified atom stereocenters. The summed E-state index contributed by atoms with van der Waals surface area (Å²) in [5.41, 5.74) is 5.77. The first kappa shape index (κ1) is 15.4. The van der Waals surface area contributed by atoms with Gasteiger partial charge >= 0.3 is 0 Å². The Morgan fingerprint density at radius 2 is 2.06 bits per heavy atom. The molecule has 2 N–H and O–H groups in total. The molecule has 3 atom stereocenters. The average molecular weight is 256 g/mol. The number of rotatable bonds is 6. The molecule has 0 bridgehead atoms. The first-order valence-corrected chi connectivity index (χ1v) is 7.07. The molecular weight excluding hydrogens is 228 g/mol. The molecule has 1 rings (SSSR count). The first-order chi connectivity index (χ1) is 8.41. The quantitative estimate of drug-likeness (QED) is 0.786. The van der Waals surface area contributed by atoms with Gasteiger partial charge < -0.3 is 15.4 Å². The molecule has 0 radical (unpaired) electrons. The summed E-state index contributed by atoms with van der Waals surface area (Å²) in [6.45, 7) is 10.5. The number of nitrogens with zero attached hydrogens (tertiary/aromatic N) is 1. The molecule has 1 heterocycles. The van der Waals surface area contributed by atoms with Crippen molar-refractivity contribution in [3.8, 4) is 0 Å². The standard InChI is InChI=1S/C14H28N2O2/c1-10(2)6-8-18-13-5-7-16(9-13)14(17)11(3)12(4)15/h10-13H,5-9,15H2,1-4H3. The summed E-state index contributed by atoms with van der Waals surface area (Å²) in [5.74, 6) is 0.738. The molecule has 0 aromatic heterocycles. The van der Waals surface area contributed by atoms with Gasteiger partial charge in [0.15, 0.2) is 0 Å². The monoisotopic (exact) mass is 256 g/mol. The Kier molecular flexibility index (Phi) is 6.09. The normalized spacial score (nSPS) is 23.4. The van der Waals surface area contributed by atoms with Gasteiger partial charge in [0.25, 0.3) is 0 Å². The summed E-state index contributed by atoms with van der Waals surface area (Å²) in [6.07, 6.45) is 2.25. The van der Waals surface area contributed by atoms with Crippen molar-refractivity contribution >= 4 is 5.91 Å². The summed E-state index contributed by atoms with van der Waals surface area (Å²) < 4.78 is 5.81. The van der Waals surface area contributed by atoms with Crippen molar-refractivity contribution < 1.29 is 9.53 Å². The largest absolute Gasteiger partial charge is 0.376 e. The number of carbonyl (C=O) groups is 1. The van der Waals surface area contributed by atoms with Crippen LogP contribution in [0.25, 0.3) is 0 Å². The van der Waals surface area contributed by atoms with Crippen LogP contribution in [0, 0.1) is 11.8 Å². The highest BCUT2D eigenvalue weighted by Crippen LogP contribution is 2.17. The molecule has 0 aromatic rings. The number of hydrogen-bond donors (Lipinski definition) is 1. The van der Waals surface area contributed by atoms with Gasteiger partial charge in [0.05, 0.1) is 12.0 Å². The van der Waals surface area contributed by atoms with Crippen LogP contribution in [0.3, 0.4) is 0 Å². The van der Waals surface area contributed by atoms with Gasteiger partial charge in [-0.1, -0.05) is 20.8 Å². The van der Waals surface area contributed by atoms with E-state index in [4.69, 9.17) is 10.5 Å². The van der Waals surface area contributed by atoms with Crippen LogP contribution in [-0.2, 0) is 9.53 Å². The Labute approximate surface area is 111 Å². The zero-order valence-corrected chi connectivity index (χ0v) is 12.2. The number of nitrogens with two attached hydrogens (primary N) is 1. The highest BCUT2D eigenvalue weighted by molar-refractivity contribution is 5.79. The van der Waals surface area contributed by atoms with Crippen molar-refractivity contribution in [3.63, 3.8) is 0 Å². The highest BCUT2D eigenvalue weighted by Gasteiger charge is 2.30. The molecule has 0 aliphatic carbocycles. The maximum atomic E-state index is 12.1. The van der Waals surface area contributed by atoms with Crippen LogP contribution in [0.5, 0.6) is 0 Å². The fraction of sp³-hybridized carbons (Fsp3) is 0.929. The van der Waals surface area contributed by atoms with Crippen LogP contribution in [0.2, 0.25) is 0 Å². The minimum atomic E-state index is -0.0978. The van der Waals surface area contributed by atoms with Crippen LogP contribution in [-0.4, -0.2) is 42.6 Å². The third kappa shape index (κ3) is 4.58. The van der Waals surface area contributed by atoms with Crippen molar-refractivity contribution in [1.29, 1.82) is 0 Å². The molecule has 1 aliphatic rings. The lowest BCUT2D eigenvalue weighted by Gasteiger charge is -2.23. The van der Waals surface area contributed by atoms with Crippen molar-refractivity contribution in [2.24, 2.45) is 17.6 Å². The van der Waals surface area contributed by atoms with E-state index in [0.29, 0.717) is 5.92 Å². The molecule has 1 fully saturated rings. The Bertz CT molecular complexity index is 267.